The SMILES string of the molecule is CCC(=C(c1ccc(O)cc1)c1ccc(OCCN2CCCN(CCCNc3ccc4c(c3)CN(C3CCC(=O)NC3=O)C4=O)CC2)cc1)c1ccccc1. The molecule has 4 aromatic carbocycles. The highest BCUT2D eigenvalue weighted by molar-refractivity contribution is 6.05. The van der Waals surface area contributed by atoms with Crippen LogP contribution in [0, 0.1) is 0 Å². The number of rotatable bonds is 14. The fourth-order valence-electron chi connectivity index (χ4n) is 8.01. The molecule has 10 heteroatoms. The average molecular weight is 742 g/mol. The molecule has 1 atom stereocenters. The van der Waals surface area contributed by atoms with E-state index in [-0.39, 0.29) is 29.9 Å². The third kappa shape index (κ3) is 9.27. The molecule has 10 nitrogen and oxygen atoms in total. The zero-order chi connectivity index (χ0) is 38.1. The Morgan fingerprint density at radius 1 is 0.836 bits per heavy atom. The Hall–Kier alpha value is -5.45. The predicted molar refractivity (Wildman–Crippen MR) is 216 cm³/mol. The van der Waals surface area contributed by atoms with Crippen molar-refractivity contribution >= 4 is 34.6 Å². The fourth-order valence-corrected chi connectivity index (χ4v) is 8.01. The number of phenols is 1. The summed E-state index contributed by atoms with van der Waals surface area (Å²) in [6, 6.07) is 31.5. The van der Waals surface area contributed by atoms with Crippen molar-refractivity contribution in [2.24, 2.45) is 0 Å². The van der Waals surface area contributed by atoms with Crippen LogP contribution in [0.4, 0.5) is 5.69 Å². The van der Waals surface area contributed by atoms with Crippen LogP contribution in [0.25, 0.3) is 11.1 Å². The van der Waals surface area contributed by atoms with Gasteiger partial charge in [-0.25, -0.2) is 0 Å². The largest absolute Gasteiger partial charge is 0.508 e. The number of nitrogens with one attached hydrogen (secondary N) is 2. The second kappa shape index (κ2) is 17.8. The van der Waals surface area contributed by atoms with Crippen LogP contribution in [0.15, 0.2) is 97.1 Å². The lowest BCUT2D eigenvalue weighted by Gasteiger charge is -2.29. The molecule has 1 unspecified atom stereocenters. The van der Waals surface area contributed by atoms with Crippen LogP contribution < -0.4 is 15.4 Å². The first kappa shape index (κ1) is 37.8. The number of hydrogen-bond donors (Lipinski definition) is 3. The Morgan fingerprint density at radius 2 is 1.55 bits per heavy atom. The van der Waals surface area contributed by atoms with Gasteiger partial charge in [0.15, 0.2) is 0 Å². The average Bonchev–Trinajstić information content (AvgIpc) is 3.35. The molecule has 0 saturated carbocycles. The summed E-state index contributed by atoms with van der Waals surface area (Å²) in [4.78, 5) is 43.6. The second-order valence-corrected chi connectivity index (χ2v) is 14.6. The topological polar surface area (TPSA) is 114 Å². The normalized spacial score (nSPS) is 18.4. The van der Waals surface area contributed by atoms with Gasteiger partial charge in [0.25, 0.3) is 5.91 Å². The summed E-state index contributed by atoms with van der Waals surface area (Å²) in [6.07, 6.45) is 3.62. The predicted octanol–water partition coefficient (Wildman–Crippen LogP) is 6.41. The number of benzene rings is 4. The van der Waals surface area contributed by atoms with Crippen molar-refractivity contribution in [3.63, 3.8) is 0 Å². The number of carbonyl (C=O) groups excluding carboxylic acids is 3. The fraction of sp³-hybridized carbons (Fsp3) is 0.356. The summed E-state index contributed by atoms with van der Waals surface area (Å²) < 4.78 is 6.24. The molecule has 3 N–H and O–H groups in total. The van der Waals surface area contributed by atoms with Crippen molar-refractivity contribution in [2.75, 3.05) is 57.7 Å². The van der Waals surface area contributed by atoms with Crippen molar-refractivity contribution in [2.45, 2.75) is 51.6 Å². The molecular weight excluding hydrogens is 691 g/mol. The molecule has 3 amide bonds. The van der Waals surface area contributed by atoms with E-state index in [0.29, 0.717) is 25.1 Å². The molecule has 55 heavy (non-hydrogen) atoms. The van der Waals surface area contributed by atoms with E-state index in [9.17, 15) is 19.5 Å². The first-order chi connectivity index (χ1) is 26.9. The van der Waals surface area contributed by atoms with Crippen LogP contribution in [-0.2, 0) is 16.1 Å². The third-order valence-electron chi connectivity index (χ3n) is 10.9. The van der Waals surface area contributed by atoms with Gasteiger partial charge in [-0.1, -0.05) is 61.5 Å². The van der Waals surface area contributed by atoms with E-state index in [1.807, 2.05) is 36.4 Å². The lowest BCUT2D eigenvalue weighted by molar-refractivity contribution is -0.136. The third-order valence-corrected chi connectivity index (χ3v) is 10.9. The van der Waals surface area contributed by atoms with E-state index in [1.54, 1.807) is 17.0 Å². The number of nitrogens with zero attached hydrogens (tertiary/aromatic N) is 3. The van der Waals surface area contributed by atoms with Gasteiger partial charge in [0, 0.05) is 50.4 Å². The molecule has 2 fully saturated rings. The van der Waals surface area contributed by atoms with Crippen LogP contribution >= 0.6 is 0 Å². The van der Waals surface area contributed by atoms with Gasteiger partial charge in [-0.05, 0) is 121 Å². The highest BCUT2D eigenvalue weighted by Crippen LogP contribution is 2.36. The molecule has 7 rings (SSSR count). The summed E-state index contributed by atoms with van der Waals surface area (Å²) in [5.41, 5.74) is 8.30. The highest BCUT2D eigenvalue weighted by atomic mass is 16.5. The monoisotopic (exact) mass is 741 g/mol. The number of carbonyl (C=O) groups is 3. The van der Waals surface area contributed by atoms with Crippen LogP contribution in [0.3, 0.4) is 0 Å². The maximum Gasteiger partial charge on any atom is 0.255 e. The summed E-state index contributed by atoms with van der Waals surface area (Å²) in [6.45, 7) is 10.1. The molecular formula is C45H51N5O5. The zero-order valence-corrected chi connectivity index (χ0v) is 31.6. The number of fused-ring (bicyclic) bond motifs is 1. The number of aromatic hydroxyl groups is 1. The van der Waals surface area contributed by atoms with E-state index in [0.717, 1.165) is 98.8 Å². The summed E-state index contributed by atoms with van der Waals surface area (Å²) >= 11 is 0. The van der Waals surface area contributed by atoms with Gasteiger partial charge >= 0.3 is 0 Å². The van der Waals surface area contributed by atoms with Crippen LogP contribution in [-0.4, -0.2) is 96.0 Å². The van der Waals surface area contributed by atoms with Gasteiger partial charge in [0.1, 0.15) is 24.1 Å². The minimum absolute atomic E-state index is 0.147. The Balaban J connectivity index is 0.851. The first-order valence-corrected chi connectivity index (χ1v) is 19.6. The maximum absolute atomic E-state index is 13.0. The number of hydrogen-bond acceptors (Lipinski definition) is 8. The molecule has 2 saturated heterocycles. The van der Waals surface area contributed by atoms with Crippen molar-refractivity contribution in [3.8, 4) is 11.5 Å². The highest BCUT2D eigenvalue weighted by Gasteiger charge is 2.39. The minimum atomic E-state index is -0.598. The molecule has 0 radical (unpaired) electrons. The van der Waals surface area contributed by atoms with Gasteiger partial charge in [0.05, 0.1) is 0 Å². The number of phenolic OH excluding ortho intramolecular Hbond substituents is 1. The smallest absolute Gasteiger partial charge is 0.255 e. The second-order valence-electron chi connectivity index (χ2n) is 14.6. The number of anilines is 1. The van der Waals surface area contributed by atoms with Crippen LogP contribution in [0.1, 0.15) is 71.6 Å². The first-order valence-electron chi connectivity index (χ1n) is 19.6. The van der Waals surface area contributed by atoms with Crippen LogP contribution in [0.2, 0.25) is 0 Å². The minimum Gasteiger partial charge on any atom is -0.508 e. The molecule has 3 heterocycles. The van der Waals surface area contributed by atoms with E-state index in [4.69, 9.17) is 4.74 Å². The lowest BCUT2D eigenvalue weighted by atomic mass is 9.88. The van der Waals surface area contributed by atoms with Gasteiger partial charge < -0.3 is 25.0 Å². The standard InChI is InChI=1S/C45H51N5O5/c1-2-39(32-8-4-3-5-9-32)43(33-10-15-37(51)16-11-33)34-12-17-38(18-13-34)55-29-28-49-25-7-24-48(26-27-49)23-6-22-46-36-14-19-40-35(30-36)31-50(45(40)54)41-20-21-42(52)47-44(41)53/h3-5,8-19,30,41,46,51H,2,6-7,20-29,31H2,1H3,(H,47,52,53). The molecule has 0 aromatic heterocycles. The molecule has 286 valence electrons. The Kier molecular flexibility index (Phi) is 12.2. The van der Waals surface area contributed by atoms with Gasteiger partial charge in [0.2, 0.25) is 11.8 Å². The van der Waals surface area contributed by atoms with E-state index >= 15 is 0 Å². The molecule has 3 aliphatic heterocycles. The Bertz CT molecular complexity index is 2000. The zero-order valence-electron chi connectivity index (χ0n) is 31.6. The van der Waals surface area contributed by atoms with Gasteiger partial charge in [-0.2, -0.15) is 0 Å². The number of ether oxygens (including phenoxy) is 1. The van der Waals surface area contributed by atoms with E-state index in [2.05, 4.69) is 75.9 Å². The Labute approximate surface area is 323 Å². The number of amides is 3. The Morgan fingerprint density at radius 3 is 2.25 bits per heavy atom. The van der Waals surface area contributed by atoms with Crippen molar-refractivity contribution in [3.05, 3.63) is 125 Å². The van der Waals surface area contributed by atoms with Crippen molar-refractivity contribution < 1.29 is 24.2 Å². The molecule has 3 aliphatic rings. The quantitative estimate of drug-likeness (QED) is 0.0773. The summed E-state index contributed by atoms with van der Waals surface area (Å²) in [7, 11) is 0. The molecule has 0 spiro atoms. The van der Waals surface area contributed by atoms with Gasteiger partial charge in [-0.3, -0.25) is 24.6 Å². The maximum atomic E-state index is 13.0. The molecule has 4 aromatic rings. The summed E-state index contributed by atoms with van der Waals surface area (Å²) in [5.74, 6) is 0.302. The number of allylic oxidation sites excluding steroid dienone is 1. The van der Waals surface area contributed by atoms with Crippen molar-refractivity contribution in [1.82, 2.24) is 20.0 Å². The molecule has 0 bridgehead atoms. The van der Waals surface area contributed by atoms with Crippen LogP contribution in [0.5, 0.6) is 11.5 Å². The number of piperidine rings is 1. The van der Waals surface area contributed by atoms with E-state index < -0.39 is 6.04 Å². The number of imide groups is 1. The van der Waals surface area contributed by atoms with Crippen molar-refractivity contribution in [1.29, 1.82) is 0 Å². The molecule has 0 aliphatic carbocycles. The lowest BCUT2D eigenvalue weighted by Crippen LogP contribution is -2.52. The van der Waals surface area contributed by atoms with E-state index in [1.165, 1.54) is 11.1 Å². The summed E-state index contributed by atoms with van der Waals surface area (Å²) in [5, 5.41) is 15.8. The van der Waals surface area contributed by atoms with Gasteiger partial charge in [-0.15, -0.1) is 0 Å².